The van der Waals surface area contributed by atoms with Crippen molar-refractivity contribution in [3.63, 3.8) is 0 Å². The molecule has 0 aliphatic rings. The molecule has 0 saturated carbocycles. The van der Waals surface area contributed by atoms with E-state index in [1.54, 1.807) is 18.2 Å². The summed E-state index contributed by atoms with van der Waals surface area (Å²) in [6.45, 7) is 0. The van der Waals surface area contributed by atoms with Gasteiger partial charge in [0, 0.05) is 17.3 Å². The van der Waals surface area contributed by atoms with E-state index in [1.807, 2.05) is 30.3 Å². The van der Waals surface area contributed by atoms with Gasteiger partial charge in [-0.05, 0) is 24.3 Å². The first kappa shape index (κ1) is 17.2. The van der Waals surface area contributed by atoms with Crippen LogP contribution in [0.5, 0.6) is 0 Å². The number of benzene rings is 2. The average molecular weight is 352 g/mol. The zero-order valence-corrected chi connectivity index (χ0v) is 14.2. The zero-order chi connectivity index (χ0) is 18.5. The number of methoxy groups -OCH3 is 2. The van der Waals surface area contributed by atoms with E-state index in [-0.39, 0.29) is 5.70 Å². The molecule has 1 heterocycles. The normalized spacial score (nSPS) is 11.2. The second kappa shape index (κ2) is 7.52. The van der Waals surface area contributed by atoms with Crippen LogP contribution in [-0.2, 0) is 19.1 Å². The molecular weight excluding hydrogens is 336 g/mol. The van der Waals surface area contributed by atoms with Crippen molar-refractivity contribution in [2.24, 2.45) is 0 Å². The minimum absolute atomic E-state index is 0.0542. The van der Waals surface area contributed by atoms with Gasteiger partial charge in [-0.25, -0.2) is 14.6 Å². The van der Waals surface area contributed by atoms with E-state index in [9.17, 15) is 9.59 Å². The molecule has 0 fully saturated rings. The summed E-state index contributed by atoms with van der Waals surface area (Å²) in [7, 11) is 2.44. The number of hydrogen-bond acceptors (Lipinski definition) is 7. The van der Waals surface area contributed by atoms with Crippen molar-refractivity contribution in [1.82, 2.24) is 4.98 Å². The lowest BCUT2D eigenvalue weighted by atomic mass is 10.2. The summed E-state index contributed by atoms with van der Waals surface area (Å²) in [6, 6.07) is 14.7. The molecule has 0 amide bonds. The van der Waals surface area contributed by atoms with Crippen molar-refractivity contribution in [1.29, 1.82) is 0 Å². The second-order valence-electron chi connectivity index (χ2n) is 5.27. The standard InChI is InChI=1S/C19H16N2O5/c1-24-17(22)11-15(19(23)25-2)20-13-8-9-14-16(10-13)26-18(21-14)12-6-4-3-5-7-12/h3-11,20H,1-2H3/b15-11+. The molecule has 3 aromatic rings. The van der Waals surface area contributed by atoms with E-state index in [1.165, 1.54) is 14.2 Å². The first-order valence-corrected chi connectivity index (χ1v) is 7.71. The molecule has 0 bridgehead atoms. The van der Waals surface area contributed by atoms with E-state index >= 15 is 0 Å². The Morgan fingerprint density at radius 1 is 1.08 bits per heavy atom. The predicted octanol–water partition coefficient (Wildman–Crippen LogP) is 3.14. The molecule has 2 aromatic carbocycles. The monoisotopic (exact) mass is 352 g/mol. The highest BCUT2D eigenvalue weighted by Crippen LogP contribution is 2.26. The number of rotatable bonds is 5. The first-order chi connectivity index (χ1) is 12.6. The molecule has 1 aromatic heterocycles. The van der Waals surface area contributed by atoms with Crippen molar-refractivity contribution in [2.45, 2.75) is 0 Å². The number of carbonyl (C=O) groups is 2. The van der Waals surface area contributed by atoms with Gasteiger partial charge in [0.1, 0.15) is 11.2 Å². The number of anilines is 1. The fourth-order valence-electron chi connectivity index (χ4n) is 2.29. The van der Waals surface area contributed by atoms with Gasteiger partial charge in [0.05, 0.1) is 20.3 Å². The van der Waals surface area contributed by atoms with Crippen LogP contribution < -0.4 is 5.32 Å². The molecule has 0 radical (unpaired) electrons. The predicted molar refractivity (Wildman–Crippen MR) is 95.2 cm³/mol. The summed E-state index contributed by atoms with van der Waals surface area (Å²) in [6.07, 6.45) is 1.02. The molecule has 7 nitrogen and oxygen atoms in total. The van der Waals surface area contributed by atoms with E-state index in [2.05, 4.69) is 19.8 Å². The fraction of sp³-hybridized carbons (Fsp3) is 0.105. The summed E-state index contributed by atoms with van der Waals surface area (Å²) < 4.78 is 15.0. The summed E-state index contributed by atoms with van der Waals surface area (Å²) in [5.74, 6) is -0.876. The van der Waals surface area contributed by atoms with Crippen molar-refractivity contribution in [2.75, 3.05) is 19.5 Å². The van der Waals surface area contributed by atoms with Crippen LogP contribution in [0.4, 0.5) is 5.69 Å². The number of hydrogen-bond donors (Lipinski definition) is 1. The highest BCUT2D eigenvalue weighted by atomic mass is 16.5. The largest absolute Gasteiger partial charge is 0.466 e. The Bertz CT molecular complexity index is 976. The minimum Gasteiger partial charge on any atom is -0.466 e. The molecule has 0 atom stereocenters. The first-order valence-electron chi connectivity index (χ1n) is 7.71. The van der Waals surface area contributed by atoms with Crippen LogP contribution in [0, 0.1) is 0 Å². The van der Waals surface area contributed by atoms with Gasteiger partial charge < -0.3 is 19.2 Å². The maximum Gasteiger partial charge on any atom is 0.354 e. The molecule has 0 unspecified atom stereocenters. The summed E-state index contributed by atoms with van der Waals surface area (Å²) in [5.41, 5.74) is 2.55. The number of nitrogens with zero attached hydrogens (tertiary/aromatic N) is 1. The number of carbonyl (C=O) groups excluding carboxylic acids is 2. The van der Waals surface area contributed by atoms with Crippen LogP contribution in [0.15, 0.2) is 64.7 Å². The number of oxazole rings is 1. The molecule has 132 valence electrons. The van der Waals surface area contributed by atoms with E-state index in [0.29, 0.717) is 22.7 Å². The van der Waals surface area contributed by atoms with Crippen molar-refractivity contribution in [3.05, 3.63) is 60.3 Å². The van der Waals surface area contributed by atoms with Crippen LogP contribution in [-0.4, -0.2) is 31.1 Å². The van der Waals surface area contributed by atoms with Gasteiger partial charge in [0.15, 0.2) is 5.58 Å². The summed E-state index contributed by atoms with van der Waals surface area (Å²) >= 11 is 0. The topological polar surface area (TPSA) is 90.7 Å². The lowest BCUT2D eigenvalue weighted by Crippen LogP contribution is -2.15. The smallest absolute Gasteiger partial charge is 0.354 e. The Hall–Kier alpha value is -3.61. The molecule has 0 saturated heterocycles. The van der Waals surface area contributed by atoms with E-state index in [0.717, 1.165) is 11.6 Å². The van der Waals surface area contributed by atoms with Crippen molar-refractivity contribution in [3.8, 4) is 11.5 Å². The number of aromatic nitrogens is 1. The van der Waals surface area contributed by atoms with Gasteiger partial charge >= 0.3 is 11.9 Å². The molecular formula is C19H16N2O5. The summed E-state index contributed by atoms with van der Waals surface area (Å²) in [5, 5.41) is 2.83. The molecule has 0 spiro atoms. The number of ether oxygens (including phenoxy) is 2. The van der Waals surface area contributed by atoms with Crippen LogP contribution in [0.2, 0.25) is 0 Å². The third kappa shape index (κ3) is 3.72. The Kier molecular flexibility index (Phi) is 4.98. The van der Waals surface area contributed by atoms with E-state index < -0.39 is 11.9 Å². The maximum absolute atomic E-state index is 11.8. The SMILES string of the molecule is COC(=O)/C=C(/Nc1ccc2nc(-c3ccccc3)oc2c1)C(=O)OC. The maximum atomic E-state index is 11.8. The van der Waals surface area contributed by atoms with E-state index in [4.69, 9.17) is 4.42 Å². The van der Waals surface area contributed by atoms with Crippen LogP contribution in [0.25, 0.3) is 22.6 Å². The number of fused-ring (bicyclic) bond motifs is 1. The second-order valence-corrected chi connectivity index (χ2v) is 5.27. The molecule has 1 N–H and O–H groups in total. The van der Waals surface area contributed by atoms with Gasteiger partial charge in [-0.15, -0.1) is 0 Å². The lowest BCUT2D eigenvalue weighted by molar-refractivity contribution is -0.138. The molecule has 0 aliphatic carbocycles. The molecule has 7 heteroatoms. The zero-order valence-electron chi connectivity index (χ0n) is 14.2. The Morgan fingerprint density at radius 3 is 2.54 bits per heavy atom. The molecule has 0 aliphatic heterocycles. The van der Waals surface area contributed by atoms with Crippen LogP contribution in [0.3, 0.4) is 0 Å². The minimum atomic E-state index is -0.696. The van der Waals surface area contributed by atoms with Gasteiger partial charge in [0.2, 0.25) is 5.89 Å². The Morgan fingerprint density at radius 2 is 1.85 bits per heavy atom. The van der Waals surface area contributed by atoms with Crippen LogP contribution >= 0.6 is 0 Å². The van der Waals surface area contributed by atoms with Crippen molar-refractivity contribution >= 4 is 28.7 Å². The quantitative estimate of drug-likeness (QED) is 0.557. The highest BCUT2D eigenvalue weighted by molar-refractivity contribution is 5.99. The highest BCUT2D eigenvalue weighted by Gasteiger charge is 2.14. The van der Waals surface area contributed by atoms with Gasteiger partial charge in [-0.3, -0.25) is 0 Å². The number of esters is 2. The van der Waals surface area contributed by atoms with Crippen molar-refractivity contribution < 1.29 is 23.5 Å². The Balaban J connectivity index is 1.92. The fourth-order valence-corrected chi connectivity index (χ4v) is 2.29. The summed E-state index contributed by atoms with van der Waals surface area (Å²) in [4.78, 5) is 27.7. The van der Waals surface area contributed by atoms with Gasteiger partial charge in [-0.1, -0.05) is 18.2 Å². The number of nitrogens with one attached hydrogen (secondary N) is 1. The third-order valence-electron chi connectivity index (χ3n) is 3.56. The average Bonchev–Trinajstić information content (AvgIpc) is 3.10. The Labute approximate surface area is 149 Å². The van der Waals surface area contributed by atoms with Crippen LogP contribution in [0.1, 0.15) is 0 Å². The van der Waals surface area contributed by atoms with Gasteiger partial charge in [0.25, 0.3) is 0 Å². The lowest BCUT2D eigenvalue weighted by Gasteiger charge is -2.08. The molecule has 26 heavy (non-hydrogen) atoms. The van der Waals surface area contributed by atoms with Gasteiger partial charge in [-0.2, -0.15) is 0 Å². The molecule has 3 rings (SSSR count). The third-order valence-corrected chi connectivity index (χ3v) is 3.56.